The highest BCUT2D eigenvalue weighted by atomic mass is 79.9. The van der Waals surface area contributed by atoms with Gasteiger partial charge in [0.2, 0.25) is 0 Å². The maximum absolute atomic E-state index is 6.09. The van der Waals surface area contributed by atoms with Gasteiger partial charge in [0.25, 0.3) is 0 Å². The third-order valence-corrected chi connectivity index (χ3v) is 3.09. The largest absolute Gasteiger partial charge is 0.372 e. The van der Waals surface area contributed by atoms with Crippen LogP contribution in [0.2, 0.25) is 0 Å². The number of hydrogen-bond acceptors (Lipinski definition) is 2. The third kappa shape index (κ3) is 3.89. The summed E-state index contributed by atoms with van der Waals surface area (Å²) >= 11 is 3.43. The number of rotatable bonds is 6. The van der Waals surface area contributed by atoms with Gasteiger partial charge in [-0.25, -0.2) is 0 Å². The van der Waals surface area contributed by atoms with Crippen LogP contribution in [0.15, 0.2) is 28.7 Å². The Hall–Kier alpha value is -0.380. The van der Waals surface area contributed by atoms with E-state index in [1.165, 1.54) is 0 Å². The minimum atomic E-state index is 0.0121. The highest BCUT2D eigenvalue weighted by molar-refractivity contribution is 9.10. The van der Waals surface area contributed by atoms with E-state index in [1.54, 1.807) is 0 Å². The van der Waals surface area contributed by atoms with Crippen molar-refractivity contribution in [3.8, 4) is 0 Å². The van der Waals surface area contributed by atoms with Crippen LogP contribution < -0.4 is 5.73 Å². The second-order valence-electron chi connectivity index (χ2n) is 3.92. The average molecular weight is 286 g/mol. The number of hydrogen-bond donors (Lipinski definition) is 1. The molecule has 2 N–H and O–H groups in total. The molecule has 2 nitrogen and oxygen atoms in total. The molecule has 2 atom stereocenters. The molecule has 0 aliphatic heterocycles. The third-order valence-electron chi connectivity index (χ3n) is 2.56. The van der Waals surface area contributed by atoms with Crippen molar-refractivity contribution in [2.24, 2.45) is 5.73 Å². The van der Waals surface area contributed by atoms with Gasteiger partial charge in [-0.15, -0.1) is 0 Å². The van der Waals surface area contributed by atoms with Crippen molar-refractivity contribution in [2.45, 2.75) is 38.8 Å². The van der Waals surface area contributed by atoms with E-state index < -0.39 is 0 Å². The van der Waals surface area contributed by atoms with Crippen molar-refractivity contribution >= 4 is 15.9 Å². The number of ether oxygens (including phenoxy) is 1. The van der Waals surface area contributed by atoms with Gasteiger partial charge in [-0.3, -0.25) is 0 Å². The van der Waals surface area contributed by atoms with E-state index in [9.17, 15) is 0 Å². The fourth-order valence-corrected chi connectivity index (χ4v) is 1.84. The van der Waals surface area contributed by atoms with Gasteiger partial charge in [-0.2, -0.15) is 0 Å². The summed E-state index contributed by atoms with van der Waals surface area (Å²) in [7, 11) is 0. The topological polar surface area (TPSA) is 35.2 Å². The normalized spacial score (nSPS) is 14.8. The Kier molecular flexibility index (Phi) is 6.03. The molecule has 0 aromatic heterocycles. The lowest BCUT2D eigenvalue weighted by molar-refractivity contribution is 0.0339. The van der Waals surface area contributed by atoms with Crippen LogP contribution in [-0.2, 0) is 4.74 Å². The summed E-state index contributed by atoms with van der Waals surface area (Å²) in [5.41, 5.74) is 7.25. The summed E-state index contributed by atoms with van der Waals surface area (Å²) in [4.78, 5) is 0. The number of nitrogens with two attached hydrogens (primary N) is 1. The Morgan fingerprint density at radius 2 is 1.88 bits per heavy atom. The van der Waals surface area contributed by atoms with Crippen LogP contribution in [0.3, 0.4) is 0 Å². The predicted octanol–water partition coefficient (Wildman–Crippen LogP) is 3.65. The van der Waals surface area contributed by atoms with Crippen LogP contribution in [0, 0.1) is 0 Å². The molecule has 0 radical (unpaired) electrons. The molecular weight excluding hydrogens is 266 g/mol. The fourth-order valence-electron chi connectivity index (χ4n) is 1.58. The molecule has 0 aliphatic rings. The molecule has 0 saturated heterocycles. The maximum atomic E-state index is 6.09. The minimum absolute atomic E-state index is 0.0121. The number of halogens is 1. The summed E-state index contributed by atoms with van der Waals surface area (Å²) in [5, 5.41) is 0. The zero-order valence-electron chi connectivity index (χ0n) is 9.95. The van der Waals surface area contributed by atoms with Crippen molar-refractivity contribution in [3.05, 3.63) is 34.3 Å². The molecule has 90 valence electrons. The molecule has 0 spiro atoms. The summed E-state index contributed by atoms with van der Waals surface area (Å²) < 4.78 is 6.91. The zero-order chi connectivity index (χ0) is 12.0. The van der Waals surface area contributed by atoms with Crippen LogP contribution in [-0.4, -0.2) is 12.6 Å². The summed E-state index contributed by atoms with van der Waals surface area (Å²) in [5.74, 6) is 0. The Bertz CT molecular complexity index is 299. The van der Waals surface area contributed by atoms with Gasteiger partial charge in [0.15, 0.2) is 0 Å². The molecule has 0 saturated carbocycles. The molecule has 2 unspecified atom stereocenters. The van der Waals surface area contributed by atoms with Crippen LogP contribution >= 0.6 is 15.9 Å². The molecule has 1 aromatic rings. The SMILES string of the molecule is CCCOC(c1ccc(Br)cc1)C(N)CC. The average Bonchev–Trinajstić information content (AvgIpc) is 2.31. The maximum Gasteiger partial charge on any atom is 0.0975 e. The van der Waals surface area contributed by atoms with E-state index in [-0.39, 0.29) is 12.1 Å². The van der Waals surface area contributed by atoms with Gasteiger partial charge >= 0.3 is 0 Å². The van der Waals surface area contributed by atoms with E-state index in [0.717, 1.165) is 29.5 Å². The second kappa shape index (κ2) is 7.05. The smallest absolute Gasteiger partial charge is 0.0975 e. The molecular formula is C13H20BrNO. The summed E-state index contributed by atoms with van der Waals surface area (Å²) in [6, 6.07) is 8.26. The van der Waals surface area contributed by atoms with Crippen LogP contribution in [0.5, 0.6) is 0 Å². The van der Waals surface area contributed by atoms with Crippen molar-refractivity contribution in [1.29, 1.82) is 0 Å². The van der Waals surface area contributed by atoms with Crippen LogP contribution in [0.25, 0.3) is 0 Å². The quantitative estimate of drug-likeness (QED) is 0.866. The molecule has 0 heterocycles. The molecule has 1 rings (SSSR count). The van der Waals surface area contributed by atoms with Crippen molar-refractivity contribution in [3.63, 3.8) is 0 Å². The first-order valence-electron chi connectivity index (χ1n) is 5.81. The van der Waals surface area contributed by atoms with Gasteiger partial charge in [0.1, 0.15) is 0 Å². The number of benzene rings is 1. The molecule has 0 amide bonds. The van der Waals surface area contributed by atoms with E-state index in [1.807, 2.05) is 12.1 Å². The van der Waals surface area contributed by atoms with Gasteiger partial charge < -0.3 is 10.5 Å². The minimum Gasteiger partial charge on any atom is -0.372 e. The van der Waals surface area contributed by atoms with Crippen molar-refractivity contribution in [2.75, 3.05) is 6.61 Å². The van der Waals surface area contributed by atoms with Gasteiger partial charge in [0, 0.05) is 17.1 Å². The zero-order valence-corrected chi connectivity index (χ0v) is 11.5. The monoisotopic (exact) mass is 285 g/mol. The van der Waals surface area contributed by atoms with E-state index in [4.69, 9.17) is 10.5 Å². The Labute approximate surface area is 106 Å². The first-order valence-corrected chi connectivity index (χ1v) is 6.61. The molecule has 16 heavy (non-hydrogen) atoms. The standard InChI is InChI=1S/C13H20BrNO/c1-3-9-16-13(12(15)4-2)10-5-7-11(14)8-6-10/h5-8,12-13H,3-4,9,15H2,1-2H3. The first-order chi connectivity index (χ1) is 7.69. The molecule has 0 fully saturated rings. The molecule has 0 aliphatic carbocycles. The second-order valence-corrected chi connectivity index (χ2v) is 4.83. The predicted molar refractivity (Wildman–Crippen MR) is 71.4 cm³/mol. The Balaban J connectivity index is 2.78. The lowest BCUT2D eigenvalue weighted by Crippen LogP contribution is -2.29. The van der Waals surface area contributed by atoms with Gasteiger partial charge in [0.05, 0.1) is 6.10 Å². The van der Waals surface area contributed by atoms with Crippen molar-refractivity contribution in [1.82, 2.24) is 0 Å². The van der Waals surface area contributed by atoms with Gasteiger partial charge in [-0.05, 0) is 30.5 Å². The van der Waals surface area contributed by atoms with E-state index in [2.05, 4.69) is 41.9 Å². The van der Waals surface area contributed by atoms with E-state index >= 15 is 0 Å². The molecule has 3 heteroatoms. The van der Waals surface area contributed by atoms with Gasteiger partial charge in [-0.1, -0.05) is 41.9 Å². The molecule has 1 aromatic carbocycles. The summed E-state index contributed by atoms with van der Waals surface area (Å²) in [6.45, 7) is 4.95. The highest BCUT2D eigenvalue weighted by Crippen LogP contribution is 2.24. The molecule has 0 bridgehead atoms. The first kappa shape index (κ1) is 13.7. The highest BCUT2D eigenvalue weighted by Gasteiger charge is 2.18. The lowest BCUT2D eigenvalue weighted by atomic mass is 10.0. The van der Waals surface area contributed by atoms with Crippen LogP contribution in [0.4, 0.5) is 0 Å². The Morgan fingerprint density at radius 1 is 1.25 bits per heavy atom. The fraction of sp³-hybridized carbons (Fsp3) is 0.538. The lowest BCUT2D eigenvalue weighted by Gasteiger charge is -2.23. The Morgan fingerprint density at radius 3 is 2.38 bits per heavy atom. The van der Waals surface area contributed by atoms with Crippen LogP contribution in [0.1, 0.15) is 38.4 Å². The summed E-state index contributed by atoms with van der Waals surface area (Å²) in [6.07, 6.45) is 1.95. The van der Waals surface area contributed by atoms with E-state index in [0.29, 0.717) is 0 Å². The van der Waals surface area contributed by atoms with Crippen molar-refractivity contribution < 1.29 is 4.74 Å².